The molecule has 0 unspecified atom stereocenters. The van der Waals surface area contributed by atoms with Crippen LogP contribution in [0.3, 0.4) is 0 Å². The number of oxime groups is 1. The van der Waals surface area contributed by atoms with Crippen molar-refractivity contribution in [3.05, 3.63) is 20.7 Å². The zero-order chi connectivity index (χ0) is 8.97. The molecule has 64 valence electrons. The Balaban J connectivity index is 3.02. The number of aromatic amines is 1. The van der Waals surface area contributed by atoms with E-state index in [1.807, 2.05) is 0 Å². The lowest BCUT2D eigenvalue weighted by Crippen LogP contribution is -2.06. The van der Waals surface area contributed by atoms with E-state index >= 15 is 0 Å². The lowest BCUT2D eigenvalue weighted by molar-refractivity contribution is -0.102. The molecule has 0 saturated carbocycles. The highest BCUT2D eigenvalue weighted by atomic mass is 32.1. The summed E-state index contributed by atoms with van der Waals surface area (Å²) in [5.74, 6) is 0. The van der Waals surface area contributed by atoms with Crippen LogP contribution < -0.4 is 4.87 Å². The number of nitrogens with one attached hydrogen (secondary N) is 1. The quantitative estimate of drug-likeness (QED) is 0.410. The number of H-pyrrole nitrogens is 1. The zero-order valence-corrected chi connectivity index (χ0v) is 7.05. The van der Waals surface area contributed by atoms with Crippen molar-refractivity contribution >= 4 is 23.3 Å². The minimum absolute atomic E-state index is 0.0795. The second-order valence-corrected chi connectivity index (χ2v) is 2.68. The molecular formula is C6H6N2O3S. The van der Waals surface area contributed by atoms with E-state index < -0.39 is 0 Å². The Labute approximate surface area is 71.7 Å². The number of hydrogen-bond acceptors (Lipinski definition) is 5. The van der Waals surface area contributed by atoms with Gasteiger partial charge in [-0.05, 0) is 0 Å². The number of carbonyl (C=O) groups is 1. The van der Waals surface area contributed by atoms with Gasteiger partial charge in [-0.1, -0.05) is 16.5 Å². The van der Waals surface area contributed by atoms with Crippen LogP contribution in [0, 0.1) is 0 Å². The first-order valence-electron chi connectivity index (χ1n) is 3.02. The van der Waals surface area contributed by atoms with E-state index in [1.165, 1.54) is 12.5 Å². The van der Waals surface area contributed by atoms with Gasteiger partial charge >= 0.3 is 4.87 Å². The van der Waals surface area contributed by atoms with Crippen molar-refractivity contribution in [2.45, 2.75) is 0 Å². The Kier molecular flexibility index (Phi) is 2.76. The molecule has 6 heteroatoms. The Hall–Kier alpha value is -1.43. The normalized spacial score (nSPS) is 11.2. The van der Waals surface area contributed by atoms with Crippen LogP contribution >= 0.6 is 11.3 Å². The Morgan fingerprint density at radius 1 is 1.83 bits per heavy atom. The maximum atomic E-state index is 10.7. The SMILES string of the molecule is CON=C(C=O)c1csc(=O)[nH]1. The Morgan fingerprint density at radius 2 is 2.58 bits per heavy atom. The van der Waals surface area contributed by atoms with Crippen LogP contribution in [0.5, 0.6) is 0 Å². The molecular weight excluding hydrogens is 180 g/mol. The van der Waals surface area contributed by atoms with E-state index in [4.69, 9.17) is 0 Å². The summed E-state index contributed by atoms with van der Waals surface area (Å²) in [6.45, 7) is 0. The third kappa shape index (κ3) is 1.79. The lowest BCUT2D eigenvalue weighted by atomic mass is 10.3. The summed E-state index contributed by atoms with van der Waals surface area (Å²) in [6, 6.07) is 0. The first-order valence-corrected chi connectivity index (χ1v) is 3.90. The second-order valence-electron chi connectivity index (χ2n) is 1.84. The van der Waals surface area contributed by atoms with Gasteiger partial charge in [0.15, 0.2) is 12.0 Å². The van der Waals surface area contributed by atoms with E-state index in [0.29, 0.717) is 12.0 Å². The molecule has 0 atom stereocenters. The van der Waals surface area contributed by atoms with E-state index in [2.05, 4.69) is 15.0 Å². The van der Waals surface area contributed by atoms with Crippen molar-refractivity contribution in [3.8, 4) is 0 Å². The third-order valence-corrected chi connectivity index (χ3v) is 1.77. The van der Waals surface area contributed by atoms with Crippen LogP contribution in [-0.2, 0) is 9.63 Å². The standard InChI is InChI=1S/C6H6N2O3S/c1-11-8-4(2-9)5-3-12-6(10)7-5/h2-3H,1H3,(H,7,10). The minimum atomic E-state index is -0.226. The molecule has 0 aliphatic rings. The zero-order valence-electron chi connectivity index (χ0n) is 6.23. The highest BCUT2D eigenvalue weighted by Crippen LogP contribution is 1.96. The van der Waals surface area contributed by atoms with Gasteiger partial charge < -0.3 is 9.82 Å². The number of aldehydes is 1. The molecule has 0 aliphatic heterocycles. The fraction of sp³-hybridized carbons (Fsp3) is 0.167. The van der Waals surface area contributed by atoms with Crippen LogP contribution in [0.15, 0.2) is 15.3 Å². The van der Waals surface area contributed by atoms with Gasteiger partial charge in [-0.25, -0.2) is 0 Å². The number of hydrogen-bond donors (Lipinski definition) is 1. The molecule has 1 heterocycles. The predicted molar refractivity (Wildman–Crippen MR) is 44.5 cm³/mol. The monoisotopic (exact) mass is 186 g/mol. The highest BCUT2D eigenvalue weighted by Gasteiger charge is 2.04. The van der Waals surface area contributed by atoms with E-state index in [0.717, 1.165) is 11.3 Å². The summed E-state index contributed by atoms with van der Waals surface area (Å²) in [5, 5.41) is 4.92. The maximum absolute atomic E-state index is 10.7. The molecule has 0 fully saturated rings. The van der Waals surface area contributed by atoms with Crippen molar-refractivity contribution in [2.75, 3.05) is 7.11 Å². The molecule has 1 aromatic heterocycles. The molecule has 12 heavy (non-hydrogen) atoms. The van der Waals surface area contributed by atoms with Gasteiger partial charge in [0.05, 0.1) is 5.69 Å². The summed E-state index contributed by atoms with van der Waals surface area (Å²) < 4.78 is 0. The first kappa shape index (κ1) is 8.66. The summed E-state index contributed by atoms with van der Waals surface area (Å²) in [6.07, 6.45) is 0.515. The van der Waals surface area contributed by atoms with Gasteiger partial charge in [0, 0.05) is 5.38 Å². The Bertz CT molecular complexity index is 352. The fourth-order valence-corrected chi connectivity index (χ4v) is 1.21. The molecule has 0 spiro atoms. The highest BCUT2D eigenvalue weighted by molar-refractivity contribution is 7.07. The smallest absolute Gasteiger partial charge is 0.304 e. The molecule has 1 N–H and O–H groups in total. The molecule has 0 saturated heterocycles. The predicted octanol–water partition coefficient (Wildman–Crippen LogP) is -0.0142. The van der Waals surface area contributed by atoms with Crippen molar-refractivity contribution < 1.29 is 9.63 Å². The second kappa shape index (κ2) is 3.82. The summed E-state index contributed by atoms with van der Waals surface area (Å²) in [7, 11) is 1.33. The molecule has 0 aromatic carbocycles. The van der Waals surface area contributed by atoms with Crippen LogP contribution in [0.4, 0.5) is 0 Å². The van der Waals surface area contributed by atoms with Gasteiger partial charge in [-0.2, -0.15) is 0 Å². The number of thiazole rings is 1. The molecule has 5 nitrogen and oxygen atoms in total. The summed E-state index contributed by atoms with van der Waals surface area (Å²) in [5.41, 5.74) is 0.456. The van der Waals surface area contributed by atoms with Crippen molar-refractivity contribution in [2.24, 2.45) is 5.16 Å². The number of nitrogens with zero attached hydrogens (tertiary/aromatic N) is 1. The molecule has 0 amide bonds. The first-order chi connectivity index (χ1) is 5.77. The molecule has 0 bridgehead atoms. The summed E-state index contributed by atoms with van der Waals surface area (Å²) >= 11 is 0.968. The van der Waals surface area contributed by atoms with E-state index in [1.54, 1.807) is 0 Å². The maximum Gasteiger partial charge on any atom is 0.304 e. The molecule has 0 radical (unpaired) electrons. The van der Waals surface area contributed by atoms with Crippen LogP contribution in [0.1, 0.15) is 5.69 Å². The van der Waals surface area contributed by atoms with Gasteiger partial charge in [0.25, 0.3) is 0 Å². The molecule has 0 aliphatic carbocycles. The lowest BCUT2D eigenvalue weighted by Gasteiger charge is -1.91. The minimum Gasteiger partial charge on any atom is -0.398 e. The third-order valence-electron chi connectivity index (χ3n) is 1.10. The fourth-order valence-electron chi connectivity index (χ4n) is 0.638. The number of aromatic nitrogens is 1. The average Bonchev–Trinajstić information content (AvgIpc) is 2.47. The average molecular weight is 186 g/mol. The van der Waals surface area contributed by atoms with Crippen LogP contribution in [0.2, 0.25) is 0 Å². The Morgan fingerprint density at radius 3 is 3.00 bits per heavy atom. The van der Waals surface area contributed by atoms with Crippen molar-refractivity contribution in [1.29, 1.82) is 0 Å². The number of carbonyl (C=O) groups excluding carboxylic acids is 1. The largest absolute Gasteiger partial charge is 0.398 e. The van der Waals surface area contributed by atoms with Gasteiger partial charge in [-0.3, -0.25) is 9.59 Å². The van der Waals surface area contributed by atoms with E-state index in [-0.39, 0.29) is 10.6 Å². The van der Waals surface area contributed by atoms with Gasteiger partial charge in [-0.15, -0.1) is 0 Å². The summed E-state index contributed by atoms with van der Waals surface area (Å²) in [4.78, 5) is 27.6. The van der Waals surface area contributed by atoms with Crippen LogP contribution in [0.25, 0.3) is 0 Å². The van der Waals surface area contributed by atoms with Crippen molar-refractivity contribution in [3.63, 3.8) is 0 Å². The topological polar surface area (TPSA) is 71.5 Å². The van der Waals surface area contributed by atoms with Gasteiger partial charge in [0.2, 0.25) is 0 Å². The molecule has 1 rings (SSSR count). The number of rotatable bonds is 3. The van der Waals surface area contributed by atoms with Crippen molar-refractivity contribution in [1.82, 2.24) is 4.98 Å². The van der Waals surface area contributed by atoms with Crippen LogP contribution in [-0.4, -0.2) is 24.1 Å². The van der Waals surface area contributed by atoms with E-state index in [9.17, 15) is 9.59 Å². The molecule has 1 aromatic rings. The van der Waals surface area contributed by atoms with Gasteiger partial charge in [0.1, 0.15) is 7.11 Å².